The number of hydrogen-bond donors (Lipinski definition) is 1. The van der Waals surface area contributed by atoms with Crippen LogP contribution in [0.25, 0.3) is 11.2 Å². The van der Waals surface area contributed by atoms with E-state index in [0.29, 0.717) is 17.1 Å². The Balaban J connectivity index is 2.88. The van der Waals surface area contributed by atoms with Gasteiger partial charge in [0.1, 0.15) is 5.82 Å². The van der Waals surface area contributed by atoms with Crippen LogP contribution in [0, 0.1) is 6.92 Å². The van der Waals surface area contributed by atoms with Crippen LogP contribution in [-0.4, -0.2) is 15.0 Å². The van der Waals surface area contributed by atoms with E-state index in [0.717, 1.165) is 0 Å². The van der Waals surface area contributed by atoms with Gasteiger partial charge < -0.3 is 10.2 Å². The number of rotatable bonds is 0. The fourth-order valence-electron chi connectivity index (χ4n) is 0.933. The molecule has 2 aromatic heterocycles. The van der Waals surface area contributed by atoms with Crippen LogP contribution in [0.2, 0.25) is 5.35 Å². The highest BCUT2D eigenvalue weighted by atomic mass is 35.5. The van der Waals surface area contributed by atoms with Crippen molar-refractivity contribution in [2.75, 3.05) is 5.73 Å². The smallest absolute Gasteiger partial charge is 0.294 e. The lowest BCUT2D eigenvalue weighted by molar-refractivity contribution is 0.604. The third kappa shape index (κ3) is 0.984. The summed E-state index contributed by atoms with van der Waals surface area (Å²) in [4.78, 5) is 11.7. The molecule has 0 aliphatic carbocycles. The van der Waals surface area contributed by atoms with Crippen LogP contribution in [0.15, 0.2) is 4.42 Å². The second-order valence-electron chi connectivity index (χ2n) is 2.28. The van der Waals surface area contributed by atoms with Gasteiger partial charge in [0.25, 0.3) is 5.35 Å². The van der Waals surface area contributed by atoms with E-state index < -0.39 is 0 Å². The molecule has 0 saturated carbocycles. The molecule has 0 spiro atoms. The predicted molar refractivity (Wildman–Crippen MR) is 43.8 cm³/mol. The molecule has 5 nitrogen and oxygen atoms in total. The van der Waals surface area contributed by atoms with Gasteiger partial charge in [-0.1, -0.05) is 0 Å². The molecule has 0 aromatic carbocycles. The fraction of sp³-hybridized carbons (Fsp3) is 0.167. The fourth-order valence-corrected chi connectivity index (χ4v) is 1.09. The number of halogens is 1. The molecule has 0 saturated heterocycles. The number of anilines is 1. The van der Waals surface area contributed by atoms with Crippen LogP contribution in [0.5, 0.6) is 0 Å². The zero-order valence-corrected chi connectivity index (χ0v) is 6.96. The largest absolute Gasteiger partial charge is 0.422 e. The first kappa shape index (κ1) is 7.30. The van der Waals surface area contributed by atoms with Crippen molar-refractivity contribution in [3.8, 4) is 0 Å². The van der Waals surface area contributed by atoms with Gasteiger partial charge in [-0.15, -0.1) is 0 Å². The number of nitrogens with zero attached hydrogens (tertiary/aromatic N) is 3. The molecule has 0 aliphatic heterocycles. The van der Waals surface area contributed by atoms with Gasteiger partial charge in [-0.3, -0.25) is 0 Å². The number of fused-ring (bicyclic) bond motifs is 1. The summed E-state index contributed by atoms with van der Waals surface area (Å²) < 4.78 is 4.96. The highest BCUT2D eigenvalue weighted by Gasteiger charge is 2.09. The first-order valence-corrected chi connectivity index (χ1v) is 3.61. The van der Waals surface area contributed by atoms with Gasteiger partial charge >= 0.3 is 0 Å². The van der Waals surface area contributed by atoms with Crippen LogP contribution >= 0.6 is 11.6 Å². The Labute approximate surface area is 72.6 Å². The summed E-state index contributed by atoms with van der Waals surface area (Å²) >= 11 is 5.51. The molecule has 2 rings (SSSR count). The zero-order valence-electron chi connectivity index (χ0n) is 6.21. The van der Waals surface area contributed by atoms with E-state index >= 15 is 0 Å². The molecule has 0 aliphatic rings. The molecule has 12 heavy (non-hydrogen) atoms. The van der Waals surface area contributed by atoms with Gasteiger partial charge in [-0.2, -0.15) is 4.98 Å². The molecule has 0 bridgehead atoms. The minimum Gasteiger partial charge on any atom is -0.422 e. The van der Waals surface area contributed by atoms with Gasteiger partial charge in [0.2, 0.25) is 11.2 Å². The molecular formula is C6H5ClN4O. The summed E-state index contributed by atoms with van der Waals surface area (Å²) in [7, 11) is 0. The number of nitrogens with two attached hydrogens (primary N) is 1. The van der Waals surface area contributed by atoms with Gasteiger partial charge in [0.15, 0.2) is 5.82 Å². The summed E-state index contributed by atoms with van der Waals surface area (Å²) in [6.45, 7) is 1.72. The number of hydrogen-bond acceptors (Lipinski definition) is 5. The SMILES string of the molecule is Cc1nc(N)c2oc(Cl)nc2n1. The van der Waals surface area contributed by atoms with Crippen molar-refractivity contribution in [3.63, 3.8) is 0 Å². The molecule has 62 valence electrons. The maximum Gasteiger partial charge on any atom is 0.294 e. The molecule has 0 fully saturated rings. The Morgan fingerprint density at radius 2 is 2.08 bits per heavy atom. The van der Waals surface area contributed by atoms with Crippen molar-refractivity contribution in [1.82, 2.24) is 15.0 Å². The van der Waals surface area contributed by atoms with E-state index in [1.807, 2.05) is 0 Å². The van der Waals surface area contributed by atoms with Gasteiger partial charge in [-0.25, -0.2) is 9.97 Å². The Kier molecular flexibility index (Phi) is 1.41. The van der Waals surface area contributed by atoms with Crippen molar-refractivity contribution in [2.24, 2.45) is 0 Å². The summed E-state index contributed by atoms with van der Waals surface area (Å²) in [6.07, 6.45) is 0. The first-order chi connectivity index (χ1) is 5.66. The van der Waals surface area contributed by atoms with Crippen molar-refractivity contribution >= 4 is 28.6 Å². The van der Waals surface area contributed by atoms with Crippen molar-refractivity contribution in [2.45, 2.75) is 6.92 Å². The second-order valence-corrected chi connectivity index (χ2v) is 2.60. The number of oxazole rings is 1. The van der Waals surface area contributed by atoms with Crippen molar-refractivity contribution in [1.29, 1.82) is 0 Å². The Morgan fingerprint density at radius 1 is 1.33 bits per heavy atom. The summed E-state index contributed by atoms with van der Waals surface area (Å²) in [5, 5.41) is 0.0246. The maximum absolute atomic E-state index is 5.53. The molecular weight excluding hydrogens is 180 g/mol. The van der Waals surface area contributed by atoms with E-state index in [1.165, 1.54) is 0 Å². The summed E-state index contributed by atoms with van der Waals surface area (Å²) in [5.41, 5.74) is 6.26. The first-order valence-electron chi connectivity index (χ1n) is 3.23. The average molecular weight is 185 g/mol. The quantitative estimate of drug-likeness (QED) is 0.665. The van der Waals surface area contributed by atoms with Crippen LogP contribution in [0.3, 0.4) is 0 Å². The number of nitrogen functional groups attached to an aromatic ring is 1. The minimum atomic E-state index is 0.0246. The van der Waals surface area contributed by atoms with Crippen LogP contribution in [-0.2, 0) is 0 Å². The molecule has 0 atom stereocenters. The standard InChI is InChI=1S/C6H5ClN4O/c1-2-9-4(8)3-5(10-2)11-6(7)12-3/h1H3,(H2,8,9,10). The molecule has 0 amide bonds. The number of aromatic nitrogens is 3. The zero-order chi connectivity index (χ0) is 8.72. The van der Waals surface area contributed by atoms with E-state index in [4.69, 9.17) is 21.8 Å². The molecule has 2 N–H and O–H groups in total. The van der Waals surface area contributed by atoms with E-state index in [9.17, 15) is 0 Å². The lowest BCUT2D eigenvalue weighted by Crippen LogP contribution is -1.95. The topological polar surface area (TPSA) is 77.8 Å². The highest BCUT2D eigenvalue weighted by molar-refractivity contribution is 6.28. The summed E-state index contributed by atoms with van der Waals surface area (Å²) in [6, 6.07) is 0. The van der Waals surface area contributed by atoms with Gasteiger partial charge in [0, 0.05) is 0 Å². The summed E-state index contributed by atoms with van der Waals surface area (Å²) in [5.74, 6) is 0.807. The molecule has 0 radical (unpaired) electrons. The van der Waals surface area contributed by atoms with E-state index in [-0.39, 0.29) is 11.2 Å². The minimum absolute atomic E-state index is 0.0246. The molecule has 0 unspecified atom stereocenters. The molecule has 2 aromatic rings. The third-order valence-corrected chi connectivity index (χ3v) is 1.53. The lowest BCUT2D eigenvalue weighted by atomic mass is 10.5. The van der Waals surface area contributed by atoms with Crippen LogP contribution in [0.1, 0.15) is 5.82 Å². The van der Waals surface area contributed by atoms with Gasteiger partial charge in [-0.05, 0) is 18.5 Å². The van der Waals surface area contributed by atoms with Crippen LogP contribution in [0.4, 0.5) is 5.82 Å². The second kappa shape index (κ2) is 2.31. The average Bonchev–Trinajstić information content (AvgIpc) is 2.29. The Bertz CT molecular complexity index is 438. The van der Waals surface area contributed by atoms with Crippen molar-refractivity contribution < 1.29 is 4.42 Å². The molecule has 2 heterocycles. The van der Waals surface area contributed by atoms with E-state index in [1.54, 1.807) is 6.92 Å². The lowest BCUT2D eigenvalue weighted by Gasteiger charge is -1.92. The highest BCUT2D eigenvalue weighted by Crippen LogP contribution is 2.20. The third-order valence-electron chi connectivity index (χ3n) is 1.37. The van der Waals surface area contributed by atoms with Crippen LogP contribution < -0.4 is 5.73 Å². The monoisotopic (exact) mass is 184 g/mol. The predicted octanol–water partition coefficient (Wildman–Crippen LogP) is 1.16. The normalized spacial score (nSPS) is 10.8. The Hall–Kier alpha value is -1.36. The Morgan fingerprint density at radius 3 is 2.83 bits per heavy atom. The van der Waals surface area contributed by atoms with E-state index in [2.05, 4.69) is 15.0 Å². The number of aryl methyl sites for hydroxylation is 1. The van der Waals surface area contributed by atoms with Gasteiger partial charge in [0.05, 0.1) is 0 Å². The molecule has 6 heteroatoms. The maximum atomic E-state index is 5.53. The van der Waals surface area contributed by atoms with Crippen molar-refractivity contribution in [3.05, 3.63) is 11.2 Å².